The van der Waals surface area contributed by atoms with Crippen molar-refractivity contribution < 1.29 is 27.6 Å². The highest BCUT2D eigenvalue weighted by atomic mass is 19.2. The molecule has 2 N–H and O–H groups in total. The van der Waals surface area contributed by atoms with E-state index >= 15 is 0 Å². The lowest BCUT2D eigenvalue weighted by Gasteiger charge is -2.15. The number of nitrogens with one attached hydrogen (secondary N) is 2. The van der Waals surface area contributed by atoms with Gasteiger partial charge in [0.1, 0.15) is 0 Å². The number of ketones is 2. The number of likely N-dealkylation sites (N-methyl/N-ethyl adjacent to an activating group) is 1. The van der Waals surface area contributed by atoms with E-state index in [1.807, 2.05) is 0 Å². The van der Waals surface area contributed by atoms with Crippen LogP contribution in [0.15, 0.2) is 12.1 Å². The fraction of sp³-hybridized carbons (Fsp3) is 0.316. The molecule has 28 heavy (non-hydrogen) atoms. The van der Waals surface area contributed by atoms with Crippen molar-refractivity contribution in [1.29, 1.82) is 0 Å². The molecule has 0 atom stereocenters. The minimum Gasteiger partial charge on any atom is -0.355 e. The Morgan fingerprint density at radius 3 is 2.29 bits per heavy atom. The predicted molar refractivity (Wildman–Crippen MR) is 97.0 cm³/mol. The zero-order chi connectivity index (χ0) is 21.2. The number of benzene rings is 1. The van der Waals surface area contributed by atoms with Gasteiger partial charge in [-0.25, -0.2) is 13.2 Å². The molecule has 0 saturated carbocycles. The number of H-pyrrole nitrogens is 1. The molecule has 0 radical (unpaired) electrons. The standard InChI is InChI=1S/C19H20F3N3O3/c1-9-16(11(3)26)10(2)23-19(9)14(27)7-25(4)8-15(28)24-13-6-5-12(20)17(21)18(13)22/h5-6,23H,7-8H2,1-4H3,(H,24,28). The van der Waals surface area contributed by atoms with Crippen molar-refractivity contribution >= 4 is 23.2 Å². The number of aromatic nitrogens is 1. The number of anilines is 1. The minimum atomic E-state index is -1.68. The van der Waals surface area contributed by atoms with Crippen molar-refractivity contribution in [2.24, 2.45) is 0 Å². The van der Waals surface area contributed by atoms with Crippen molar-refractivity contribution in [2.75, 3.05) is 25.5 Å². The Hall–Kier alpha value is -2.94. The summed E-state index contributed by atoms with van der Waals surface area (Å²) in [5, 5.41) is 2.14. The van der Waals surface area contributed by atoms with Crippen LogP contribution in [-0.2, 0) is 4.79 Å². The Morgan fingerprint density at radius 1 is 1.07 bits per heavy atom. The molecule has 2 rings (SSSR count). The molecule has 0 saturated heterocycles. The maximum Gasteiger partial charge on any atom is 0.238 e. The maximum atomic E-state index is 13.6. The van der Waals surface area contributed by atoms with Gasteiger partial charge in [0.2, 0.25) is 5.91 Å². The second kappa shape index (κ2) is 8.39. The van der Waals surface area contributed by atoms with Crippen LogP contribution in [0.5, 0.6) is 0 Å². The molecular weight excluding hydrogens is 375 g/mol. The maximum absolute atomic E-state index is 13.6. The Bertz CT molecular complexity index is 954. The van der Waals surface area contributed by atoms with E-state index in [1.54, 1.807) is 13.8 Å². The van der Waals surface area contributed by atoms with E-state index < -0.39 is 29.0 Å². The zero-order valence-electron chi connectivity index (χ0n) is 15.9. The highest BCUT2D eigenvalue weighted by Gasteiger charge is 2.22. The number of hydrogen-bond acceptors (Lipinski definition) is 4. The van der Waals surface area contributed by atoms with Crippen molar-refractivity contribution in [3.8, 4) is 0 Å². The van der Waals surface area contributed by atoms with Gasteiger partial charge in [0.25, 0.3) is 0 Å². The summed E-state index contributed by atoms with van der Waals surface area (Å²) in [5.41, 5.74) is 1.36. The molecule has 0 spiro atoms. The number of rotatable bonds is 7. The molecule has 0 bridgehead atoms. The molecule has 0 aliphatic rings. The summed E-state index contributed by atoms with van der Waals surface area (Å²) in [6.45, 7) is 4.32. The number of nitrogens with zero attached hydrogens (tertiary/aromatic N) is 1. The largest absolute Gasteiger partial charge is 0.355 e. The van der Waals surface area contributed by atoms with Gasteiger partial charge in [-0.05, 0) is 45.5 Å². The molecule has 9 heteroatoms. The van der Waals surface area contributed by atoms with Crippen LogP contribution in [0, 0.1) is 31.3 Å². The minimum absolute atomic E-state index is 0.147. The normalized spacial score (nSPS) is 11.0. The highest BCUT2D eigenvalue weighted by molar-refractivity contribution is 6.04. The fourth-order valence-electron chi connectivity index (χ4n) is 2.99. The SMILES string of the molecule is CC(=O)c1c(C)[nH]c(C(=O)CN(C)CC(=O)Nc2ccc(F)c(F)c2F)c1C. The molecule has 1 aromatic carbocycles. The molecular formula is C19H20F3N3O3. The van der Waals surface area contributed by atoms with Crippen LogP contribution in [-0.4, -0.2) is 47.5 Å². The van der Waals surface area contributed by atoms with Gasteiger partial charge in [-0.3, -0.25) is 19.3 Å². The van der Waals surface area contributed by atoms with Gasteiger partial charge in [-0.15, -0.1) is 0 Å². The third kappa shape index (κ3) is 4.48. The van der Waals surface area contributed by atoms with Crippen molar-refractivity contribution in [2.45, 2.75) is 20.8 Å². The molecule has 0 aliphatic carbocycles. The lowest BCUT2D eigenvalue weighted by molar-refractivity contribution is -0.116. The monoisotopic (exact) mass is 395 g/mol. The predicted octanol–water partition coefficient (Wildman–Crippen LogP) is 3.00. The number of Topliss-reactive ketones (excluding diaryl/α,β-unsaturated/α-hetero) is 2. The molecule has 150 valence electrons. The van der Waals surface area contributed by atoms with Crippen molar-refractivity contribution in [1.82, 2.24) is 9.88 Å². The molecule has 0 aliphatic heterocycles. The topological polar surface area (TPSA) is 82.3 Å². The average molecular weight is 395 g/mol. The smallest absolute Gasteiger partial charge is 0.238 e. The quantitative estimate of drug-likeness (QED) is 0.558. The summed E-state index contributed by atoms with van der Waals surface area (Å²) < 4.78 is 39.7. The van der Waals surface area contributed by atoms with Crippen LogP contribution in [0.25, 0.3) is 0 Å². The van der Waals surface area contributed by atoms with Gasteiger partial charge < -0.3 is 10.3 Å². The molecule has 1 heterocycles. The van der Waals surface area contributed by atoms with Gasteiger partial charge in [-0.2, -0.15) is 0 Å². The van der Waals surface area contributed by atoms with Crippen molar-refractivity contribution in [3.63, 3.8) is 0 Å². The van der Waals surface area contributed by atoms with Crippen molar-refractivity contribution in [3.05, 3.63) is 52.1 Å². The Balaban J connectivity index is 2.02. The van der Waals surface area contributed by atoms with Gasteiger partial charge in [0.05, 0.1) is 24.5 Å². The lowest BCUT2D eigenvalue weighted by Crippen LogP contribution is -2.34. The molecule has 2 aromatic rings. The molecule has 1 amide bonds. The van der Waals surface area contributed by atoms with E-state index in [0.29, 0.717) is 22.9 Å². The van der Waals surface area contributed by atoms with Crippen LogP contribution in [0.1, 0.15) is 39.0 Å². The lowest BCUT2D eigenvalue weighted by atomic mass is 10.1. The third-order valence-electron chi connectivity index (χ3n) is 4.20. The number of amides is 1. The zero-order valence-corrected chi connectivity index (χ0v) is 15.9. The molecule has 0 fully saturated rings. The summed E-state index contributed by atoms with van der Waals surface area (Å²) in [4.78, 5) is 40.4. The first-order valence-electron chi connectivity index (χ1n) is 8.38. The summed E-state index contributed by atoms with van der Waals surface area (Å²) in [5.74, 6) is -5.74. The van der Waals surface area contributed by atoms with Crippen LogP contribution < -0.4 is 5.32 Å². The van der Waals surface area contributed by atoms with E-state index in [1.165, 1.54) is 18.9 Å². The van der Waals surface area contributed by atoms with Crippen LogP contribution in [0.2, 0.25) is 0 Å². The van der Waals surface area contributed by atoms with E-state index in [0.717, 1.165) is 6.07 Å². The van der Waals surface area contributed by atoms with Gasteiger partial charge in [0, 0.05) is 11.3 Å². The summed E-state index contributed by atoms with van der Waals surface area (Å²) in [6.07, 6.45) is 0. The first-order valence-corrected chi connectivity index (χ1v) is 8.38. The van der Waals surface area contributed by atoms with Gasteiger partial charge in [0.15, 0.2) is 29.0 Å². The Labute approximate surface area is 159 Å². The second-order valence-electron chi connectivity index (χ2n) is 6.55. The Kier molecular flexibility index (Phi) is 6.40. The second-order valence-corrected chi connectivity index (χ2v) is 6.55. The first-order chi connectivity index (χ1) is 13.0. The number of hydrogen-bond donors (Lipinski definition) is 2. The first kappa shape index (κ1) is 21.4. The van der Waals surface area contributed by atoms with Gasteiger partial charge in [-0.1, -0.05) is 0 Å². The number of aromatic amines is 1. The number of carbonyl (C=O) groups excluding carboxylic acids is 3. The molecule has 6 nitrogen and oxygen atoms in total. The fourth-order valence-corrected chi connectivity index (χ4v) is 2.99. The van der Waals surface area contributed by atoms with E-state index in [9.17, 15) is 27.6 Å². The summed E-state index contributed by atoms with van der Waals surface area (Å²) >= 11 is 0. The average Bonchev–Trinajstić information content (AvgIpc) is 2.89. The van der Waals surface area contributed by atoms with E-state index in [-0.39, 0.29) is 30.3 Å². The molecule has 1 aromatic heterocycles. The summed E-state index contributed by atoms with van der Waals surface area (Å²) in [7, 11) is 1.50. The van der Waals surface area contributed by atoms with Crippen LogP contribution >= 0.6 is 0 Å². The van der Waals surface area contributed by atoms with E-state index in [2.05, 4.69) is 10.3 Å². The number of halogens is 3. The Morgan fingerprint density at radius 2 is 1.71 bits per heavy atom. The van der Waals surface area contributed by atoms with E-state index in [4.69, 9.17) is 0 Å². The highest BCUT2D eigenvalue weighted by Crippen LogP contribution is 2.20. The number of carbonyl (C=O) groups is 3. The number of aryl methyl sites for hydroxylation is 1. The van der Waals surface area contributed by atoms with Gasteiger partial charge >= 0.3 is 0 Å². The van der Waals surface area contributed by atoms with Crippen LogP contribution in [0.4, 0.5) is 18.9 Å². The van der Waals surface area contributed by atoms with Crippen LogP contribution in [0.3, 0.4) is 0 Å². The third-order valence-corrected chi connectivity index (χ3v) is 4.20. The summed E-state index contributed by atoms with van der Waals surface area (Å²) in [6, 6.07) is 1.61. The molecule has 0 unspecified atom stereocenters.